The molecule has 0 fully saturated rings. The molecule has 0 saturated heterocycles. The summed E-state index contributed by atoms with van der Waals surface area (Å²) in [5.74, 6) is 0.0986. The van der Waals surface area contributed by atoms with Gasteiger partial charge in [-0.25, -0.2) is 0 Å². The Hall–Kier alpha value is -1.10. The van der Waals surface area contributed by atoms with Crippen molar-refractivity contribution in [2.75, 3.05) is 26.8 Å². The second-order valence-corrected chi connectivity index (χ2v) is 3.99. The van der Waals surface area contributed by atoms with Gasteiger partial charge in [0.05, 0.1) is 0 Å². The van der Waals surface area contributed by atoms with Crippen LogP contribution in [0.5, 0.6) is 0 Å². The number of rotatable bonds is 10. The van der Waals surface area contributed by atoms with Crippen LogP contribution in [0.2, 0.25) is 0 Å². The molecule has 0 radical (unpaired) electrons. The zero-order valence-electron chi connectivity index (χ0n) is 10.9. The van der Waals surface area contributed by atoms with Crippen molar-refractivity contribution in [3.63, 3.8) is 0 Å². The van der Waals surface area contributed by atoms with Crippen LogP contribution in [-0.4, -0.2) is 38.6 Å². The summed E-state index contributed by atoms with van der Waals surface area (Å²) in [5.41, 5.74) is 0. The number of nitrogens with one attached hydrogen (secondary N) is 2. The average Bonchev–Trinajstić information content (AvgIpc) is 2.29. The standard InChI is InChI=1S/C12H24N2O3/c1-11(15)13-8-5-3-4-7-12(16)14-9-6-10-17-2/h3-10H2,1-2H3,(H,13,15)(H,14,16). The van der Waals surface area contributed by atoms with Crippen molar-refractivity contribution in [2.45, 2.75) is 39.0 Å². The van der Waals surface area contributed by atoms with Crippen LogP contribution < -0.4 is 10.6 Å². The van der Waals surface area contributed by atoms with Crippen LogP contribution in [-0.2, 0) is 14.3 Å². The average molecular weight is 244 g/mol. The summed E-state index contributed by atoms with van der Waals surface area (Å²) in [6, 6.07) is 0. The Bertz CT molecular complexity index is 220. The smallest absolute Gasteiger partial charge is 0.219 e. The lowest BCUT2D eigenvalue weighted by Gasteiger charge is -2.05. The van der Waals surface area contributed by atoms with Crippen LogP contribution >= 0.6 is 0 Å². The molecule has 0 rings (SSSR count). The lowest BCUT2D eigenvalue weighted by Crippen LogP contribution is -2.25. The first-order chi connectivity index (χ1) is 8.16. The molecule has 0 atom stereocenters. The number of hydrogen-bond acceptors (Lipinski definition) is 3. The molecule has 0 aliphatic heterocycles. The Kier molecular flexibility index (Phi) is 10.7. The van der Waals surface area contributed by atoms with E-state index in [0.29, 0.717) is 26.1 Å². The minimum Gasteiger partial charge on any atom is -0.385 e. The van der Waals surface area contributed by atoms with Crippen LogP contribution in [0, 0.1) is 0 Å². The molecule has 0 saturated carbocycles. The Morgan fingerprint density at radius 3 is 2.35 bits per heavy atom. The SMILES string of the molecule is COCCCNC(=O)CCCCCNC(C)=O. The van der Waals surface area contributed by atoms with E-state index in [4.69, 9.17) is 4.74 Å². The first-order valence-electron chi connectivity index (χ1n) is 6.17. The molecule has 0 unspecified atom stereocenters. The topological polar surface area (TPSA) is 67.4 Å². The molecule has 0 heterocycles. The van der Waals surface area contributed by atoms with E-state index in [1.165, 1.54) is 6.92 Å². The summed E-state index contributed by atoms with van der Waals surface area (Å²) >= 11 is 0. The molecule has 0 aromatic heterocycles. The van der Waals surface area contributed by atoms with E-state index in [9.17, 15) is 9.59 Å². The molecule has 17 heavy (non-hydrogen) atoms. The van der Waals surface area contributed by atoms with Crippen molar-refractivity contribution in [2.24, 2.45) is 0 Å². The summed E-state index contributed by atoms with van der Waals surface area (Å²) in [6.45, 7) is 3.56. The summed E-state index contributed by atoms with van der Waals surface area (Å²) in [6.07, 6.45) is 4.18. The first kappa shape index (κ1) is 15.9. The van der Waals surface area contributed by atoms with Crippen molar-refractivity contribution >= 4 is 11.8 Å². The van der Waals surface area contributed by atoms with Crippen molar-refractivity contribution in [1.82, 2.24) is 10.6 Å². The number of methoxy groups -OCH3 is 1. The van der Waals surface area contributed by atoms with Crippen LogP contribution in [0.1, 0.15) is 39.0 Å². The van der Waals surface area contributed by atoms with E-state index in [2.05, 4.69) is 10.6 Å². The minimum absolute atomic E-state index is 0.000820. The monoisotopic (exact) mass is 244 g/mol. The van der Waals surface area contributed by atoms with Gasteiger partial charge in [0.15, 0.2) is 0 Å². The second kappa shape index (κ2) is 11.4. The number of hydrogen-bond donors (Lipinski definition) is 2. The van der Waals surface area contributed by atoms with Gasteiger partial charge in [-0.15, -0.1) is 0 Å². The highest BCUT2D eigenvalue weighted by atomic mass is 16.5. The third kappa shape index (κ3) is 12.8. The third-order valence-corrected chi connectivity index (χ3v) is 2.30. The fourth-order valence-corrected chi connectivity index (χ4v) is 1.38. The largest absolute Gasteiger partial charge is 0.385 e. The van der Waals surface area contributed by atoms with Gasteiger partial charge < -0.3 is 15.4 Å². The van der Waals surface area contributed by atoms with Crippen LogP contribution in [0.15, 0.2) is 0 Å². The van der Waals surface area contributed by atoms with Crippen molar-refractivity contribution in [3.8, 4) is 0 Å². The highest BCUT2D eigenvalue weighted by Crippen LogP contribution is 1.98. The predicted molar refractivity (Wildman–Crippen MR) is 66.7 cm³/mol. The molecular formula is C12H24N2O3. The quantitative estimate of drug-likeness (QED) is 0.559. The first-order valence-corrected chi connectivity index (χ1v) is 6.17. The van der Waals surface area contributed by atoms with Gasteiger partial charge >= 0.3 is 0 Å². The maximum Gasteiger partial charge on any atom is 0.219 e. The molecular weight excluding hydrogens is 220 g/mol. The fourth-order valence-electron chi connectivity index (χ4n) is 1.38. The minimum atomic E-state index is 0.000820. The molecule has 0 bridgehead atoms. The fraction of sp³-hybridized carbons (Fsp3) is 0.833. The lowest BCUT2D eigenvalue weighted by atomic mass is 10.2. The molecule has 5 nitrogen and oxygen atoms in total. The molecule has 0 aromatic rings. The van der Waals surface area contributed by atoms with E-state index in [0.717, 1.165) is 25.7 Å². The number of ether oxygens (including phenoxy) is 1. The number of carbonyl (C=O) groups is 2. The predicted octanol–water partition coefficient (Wildman–Crippen LogP) is 0.836. The zero-order valence-corrected chi connectivity index (χ0v) is 10.9. The Balaban J connectivity index is 3.19. The summed E-state index contributed by atoms with van der Waals surface area (Å²) < 4.78 is 4.88. The molecule has 5 heteroatoms. The van der Waals surface area contributed by atoms with Gasteiger partial charge in [0.1, 0.15) is 0 Å². The van der Waals surface area contributed by atoms with E-state index >= 15 is 0 Å². The van der Waals surface area contributed by atoms with Gasteiger partial charge in [0, 0.05) is 40.2 Å². The van der Waals surface area contributed by atoms with Crippen molar-refractivity contribution in [1.29, 1.82) is 0 Å². The molecule has 0 aliphatic rings. The zero-order chi connectivity index (χ0) is 12.9. The van der Waals surface area contributed by atoms with E-state index in [1.54, 1.807) is 7.11 Å². The van der Waals surface area contributed by atoms with Gasteiger partial charge in [-0.1, -0.05) is 6.42 Å². The molecule has 2 N–H and O–H groups in total. The Morgan fingerprint density at radius 2 is 1.71 bits per heavy atom. The van der Waals surface area contributed by atoms with E-state index in [-0.39, 0.29) is 11.8 Å². The van der Waals surface area contributed by atoms with Gasteiger partial charge in [-0.3, -0.25) is 9.59 Å². The second-order valence-electron chi connectivity index (χ2n) is 3.99. The Morgan fingerprint density at radius 1 is 1.00 bits per heavy atom. The van der Waals surface area contributed by atoms with Gasteiger partial charge in [-0.2, -0.15) is 0 Å². The maximum atomic E-state index is 11.3. The maximum absolute atomic E-state index is 11.3. The third-order valence-electron chi connectivity index (χ3n) is 2.30. The molecule has 0 aliphatic carbocycles. The molecule has 100 valence electrons. The summed E-state index contributed by atoms with van der Waals surface area (Å²) in [4.78, 5) is 21.9. The number of amides is 2. The Labute approximate surface area is 103 Å². The molecule has 0 aromatic carbocycles. The number of unbranched alkanes of at least 4 members (excludes halogenated alkanes) is 2. The van der Waals surface area contributed by atoms with Gasteiger partial charge in [0.25, 0.3) is 0 Å². The molecule has 0 spiro atoms. The normalized spacial score (nSPS) is 10.0. The van der Waals surface area contributed by atoms with Gasteiger partial charge in [-0.05, 0) is 19.3 Å². The molecule has 2 amide bonds. The highest BCUT2D eigenvalue weighted by Gasteiger charge is 2.00. The van der Waals surface area contributed by atoms with E-state index < -0.39 is 0 Å². The van der Waals surface area contributed by atoms with Crippen LogP contribution in [0.25, 0.3) is 0 Å². The van der Waals surface area contributed by atoms with Crippen LogP contribution in [0.4, 0.5) is 0 Å². The lowest BCUT2D eigenvalue weighted by molar-refractivity contribution is -0.121. The van der Waals surface area contributed by atoms with Gasteiger partial charge in [0.2, 0.25) is 11.8 Å². The van der Waals surface area contributed by atoms with Crippen molar-refractivity contribution in [3.05, 3.63) is 0 Å². The van der Waals surface area contributed by atoms with E-state index in [1.807, 2.05) is 0 Å². The van der Waals surface area contributed by atoms with Crippen LogP contribution in [0.3, 0.4) is 0 Å². The van der Waals surface area contributed by atoms with Crippen molar-refractivity contribution < 1.29 is 14.3 Å². The highest BCUT2D eigenvalue weighted by molar-refractivity contribution is 5.75. The summed E-state index contributed by atoms with van der Waals surface area (Å²) in [7, 11) is 1.65. The number of carbonyl (C=O) groups excluding carboxylic acids is 2. The summed E-state index contributed by atoms with van der Waals surface area (Å²) in [5, 5.41) is 5.57.